The quantitative estimate of drug-likeness (QED) is 0.503. The molecule has 4 rings (SSSR count). The van der Waals surface area contributed by atoms with E-state index in [1.807, 2.05) is 19.1 Å². The number of hydrogen-bond donors (Lipinski definition) is 1. The molecule has 4 aromatic rings. The highest BCUT2D eigenvalue weighted by atomic mass is 19.1. The number of aryl methyl sites for hydroxylation is 2. The van der Waals surface area contributed by atoms with Gasteiger partial charge in [-0.25, -0.2) is 14.4 Å². The van der Waals surface area contributed by atoms with Gasteiger partial charge in [-0.1, -0.05) is 18.2 Å². The lowest BCUT2D eigenvalue weighted by atomic mass is 10.1. The lowest BCUT2D eigenvalue weighted by Gasteiger charge is -2.09. The van der Waals surface area contributed by atoms with Gasteiger partial charge < -0.3 is 14.5 Å². The Bertz CT molecular complexity index is 1360. The first kappa shape index (κ1) is 20.3. The third-order valence-electron chi connectivity index (χ3n) is 4.71. The fourth-order valence-corrected chi connectivity index (χ4v) is 3.18. The number of rotatable bonds is 4. The molecule has 0 saturated carbocycles. The van der Waals surface area contributed by atoms with Crippen molar-refractivity contribution in [3.8, 4) is 5.75 Å². The van der Waals surface area contributed by atoms with Crippen LogP contribution in [0.25, 0.3) is 11.0 Å². The molecule has 31 heavy (non-hydrogen) atoms. The summed E-state index contributed by atoms with van der Waals surface area (Å²) in [5.41, 5.74) is 2.63. The first-order valence-corrected chi connectivity index (χ1v) is 9.61. The Morgan fingerprint density at radius 3 is 2.65 bits per heavy atom. The average Bonchev–Trinajstić information content (AvgIpc) is 2.74. The predicted octanol–water partition coefficient (Wildman–Crippen LogP) is 5.08. The number of ether oxygens (including phenoxy) is 1. The van der Waals surface area contributed by atoms with Crippen molar-refractivity contribution in [3.63, 3.8) is 0 Å². The minimum absolute atomic E-state index is 0.0804. The number of aromatic nitrogens is 1. The fraction of sp³-hybridized carbons (Fsp3) is 0.125. The fourth-order valence-electron chi connectivity index (χ4n) is 3.18. The first-order chi connectivity index (χ1) is 14.9. The van der Waals surface area contributed by atoms with Crippen LogP contribution in [0.5, 0.6) is 5.75 Å². The van der Waals surface area contributed by atoms with Gasteiger partial charge in [0.05, 0.1) is 12.8 Å². The third kappa shape index (κ3) is 4.30. The highest BCUT2D eigenvalue weighted by Crippen LogP contribution is 2.25. The molecule has 7 heteroatoms. The van der Waals surface area contributed by atoms with E-state index in [4.69, 9.17) is 9.15 Å². The molecule has 0 fully saturated rings. The van der Waals surface area contributed by atoms with Crippen LogP contribution in [0.4, 0.5) is 15.9 Å². The maximum Gasteiger partial charge on any atom is 0.262 e. The smallest absolute Gasteiger partial charge is 0.262 e. The number of carbonyl (C=O) groups excluding carboxylic acids is 1. The number of pyridine rings is 1. The second kappa shape index (κ2) is 8.39. The minimum Gasteiger partial charge on any atom is -0.493 e. The molecule has 0 radical (unpaired) electrons. The van der Waals surface area contributed by atoms with E-state index >= 15 is 0 Å². The van der Waals surface area contributed by atoms with Crippen LogP contribution in [0, 0.1) is 19.7 Å². The summed E-state index contributed by atoms with van der Waals surface area (Å²) in [6.45, 7) is 3.57. The molecule has 1 N–H and O–H groups in total. The van der Waals surface area contributed by atoms with E-state index in [9.17, 15) is 9.18 Å². The van der Waals surface area contributed by atoms with Gasteiger partial charge in [-0.2, -0.15) is 0 Å². The molecular weight excluding hydrogens is 397 g/mol. The van der Waals surface area contributed by atoms with Gasteiger partial charge in [0.25, 0.3) is 5.91 Å². The monoisotopic (exact) mass is 417 g/mol. The summed E-state index contributed by atoms with van der Waals surface area (Å²) < 4.78 is 24.9. The molecule has 0 aliphatic rings. The molecule has 6 nitrogen and oxygen atoms in total. The van der Waals surface area contributed by atoms with Crippen molar-refractivity contribution in [2.75, 3.05) is 12.4 Å². The number of methoxy groups -OCH3 is 1. The van der Waals surface area contributed by atoms with Crippen LogP contribution in [0.2, 0.25) is 0 Å². The molecule has 1 amide bonds. The summed E-state index contributed by atoms with van der Waals surface area (Å²) in [4.78, 5) is 21.9. The van der Waals surface area contributed by atoms with E-state index in [1.165, 1.54) is 25.3 Å². The molecule has 2 heterocycles. The van der Waals surface area contributed by atoms with Crippen LogP contribution in [0.3, 0.4) is 0 Å². The molecule has 0 unspecified atom stereocenters. The normalized spacial score (nSPS) is 11.5. The average molecular weight is 417 g/mol. The molecule has 156 valence electrons. The van der Waals surface area contributed by atoms with Crippen molar-refractivity contribution in [1.82, 2.24) is 4.98 Å². The summed E-state index contributed by atoms with van der Waals surface area (Å²) in [5.74, 6) is 0.138. The molecule has 2 aromatic heterocycles. The third-order valence-corrected chi connectivity index (χ3v) is 4.71. The van der Waals surface area contributed by atoms with Crippen molar-refractivity contribution in [3.05, 3.63) is 88.9 Å². The lowest BCUT2D eigenvalue weighted by molar-refractivity contribution is 0.102. The highest BCUT2D eigenvalue weighted by molar-refractivity contribution is 6.05. The van der Waals surface area contributed by atoms with Crippen molar-refractivity contribution >= 4 is 28.4 Å². The van der Waals surface area contributed by atoms with Crippen LogP contribution in [-0.2, 0) is 0 Å². The van der Waals surface area contributed by atoms with Crippen molar-refractivity contribution in [2.24, 2.45) is 4.99 Å². The SMILES string of the molecule is COc1cccc2cc(C(=O)Nc3cccc(C)n3)c(=Nc3ccc(F)cc3C)oc12. The molecular formula is C24H20FN3O3. The number of nitrogens with one attached hydrogen (secondary N) is 1. The maximum absolute atomic E-state index is 13.5. The van der Waals surface area contributed by atoms with Crippen molar-refractivity contribution < 1.29 is 18.3 Å². The van der Waals surface area contributed by atoms with Crippen molar-refractivity contribution in [1.29, 1.82) is 0 Å². The summed E-state index contributed by atoms with van der Waals surface area (Å²) in [6, 6.07) is 16.6. The molecule has 0 atom stereocenters. The van der Waals surface area contributed by atoms with Crippen LogP contribution < -0.4 is 15.6 Å². The molecule has 0 aliphatic heterocycles. The minimum atomic E-state index is -0.426. The molecule has 0 spiro atoms. The Hall–Kier alpha value is -4.00. The number of halogens is 1. The van der Waals surface area contributed by atoms with Crippen LogP contribution in [0.15, 0.2) is 70.1 Å². The largest absolute Gasteiger partial charge is 0.493 e. The van der Waals surface area contributed by atoms with Gasteiger partial charge in [0.2, 0.25) is 5.55 Å². The zero-order chi connectivity index (χ0) is 22.0. The van der Waals surface area contributed by atoms with Crippen LogP contribution >= 0.6 is 0 Å². The number of para-hydroxylation sites is 1. The summed E-state index contributed by atoms with van der Waals surface area (Å²) in [6.07, 6.45) is 0. The number of anilines is 1. The van der Waals surface area contributed by atoms with Gasteiger partial charge in [-0.05, 0) is 61.9 Å². The topological polar surface area (TPSA) is 76.7 Å². The maximum atomic E-state index is 13.5. The van der Waals surface area contributed by atoms with Gasteiger partial charge in [0, 0.05) is 11.1 Å². The molecule has 0 aliphatic carbocycles. The van der Waals surface area contributed by atoms with Gasteiger partial charge in [0.1, 0.15) is 17.2 Å². The van der Waals surface area contributed by atoms with E-state index in [-0.39, 0.29) is 16.9 Å². The number of fused-ring (bicyclic) bond motifs is 1. The Morgan fingerprint density at radius 2 is 1.90 bits per heavy atom. The van der Waals surface area contributed by atoms with Crippen LogP contribution in [-0.4, -0.2) is 18.0 Å². The Labute approximate surface area is 178 Å². The van der Waals surface area contributed by atoms with Gasteiger partial charge in [0.15, 0.2) is 11.3 Å². The number of benzene rings is 2. The molecule has 0 saturated heterocycles. The Kier molecular flexibility index (Phi) is 5.49. The van der Waals surface area contributed by atoms with Gasteiger partial charge in [-0.15, -0.1) is 0 Å². The number of amides is 1. The number of nitrogens with zero attached hydrogens (tertiary/aromatic N) is 2. The Balaban J connectivity index is 1.91. The Morgan fingerprint density at radius 1 is 1.10 bits per heavy atom. The van der Waals surface area contributed by atoms with Gasteiger partial charge in [-0.3, -0.25) is 4.79 Å². The summed E-state index contributed by atoms with van der Waals surface area (Å²) in [7, 11) is 1.54. The van der Waals surface area contributed by atoms with E-state index < -0.39 is 5.91 Å². The number of hydrogen-bond acceptors (Lipinski definition) is 5. The standard InChI is InChI=1S/C24H20FN3O3/c1-14-12-17(25)10-11-19(14)27-24-18(23(29)28-21-9-4-6-15(2)26-21)13-16-7-5-8-20(30-3)22(16)31-24/h4-13H,1-3H3,(H,26,28,29). The van der Waals surface area contributed by atoms with E-state index in [2.05, 4.69) is 15.3 Å². The first-order valence-electron chi connectivity index (χ1n) is 9.61. The van der Waals surface area contributed by atoms with Gasteiger partial charge >= 0.3 is 0 Å². The van der Waals surface area contributed by atoms with Crippen LogP contribution in [0.1, 0.15) is 21.6 Å². The summed E-state index contributed by atoms with van der Waals surface area (Å²) >= 11 is 0. The molecule has 2 aromatic carbocycles. The number of carbonyl (C=O) groups is 1. The van der Waals surface area contributed by atoms with Crippen molar-refractivity contribution in [2.45, 2.75) is 13.8 Å². The van der Waals surface area contributed by atoms with E-state index in [0.717, 1.165) is 5.69 Å². The second-order valence-electron chi connectivity index (χ2n) is 7.00. The second-order valence-corrected chi connectivity index (χ2v) is 7.00. The zero-order valence-corrected chi connectivity index (χ0v) is 17.3. The van der Waals surface area contributed by atoms with E-state index in [1.54, 1.807) is 37.3 Å². The lowest BCUT2D eigenvalue weighted by Crippen LogP contribution is -2.22. The highest BCUT2D eigenvalue weighted by Gasteiger charge is 2.16. The van der Waals surface area contributed by atoms with E-state index in [0.29, 0.717) is 33.8 Å². The zero-order valence-electron chi connectivity index (χ0n) is 17.3. The summed E-state index contributed by atoms with van der Waals surface area (Å²) in [5, 5.41) is 3.46. The molecule has 0 bridgehead atoms. The predicted molar refractivity (Wildman–Crippen MR) is 116 cm³/mol.